The number of aromatic nitrogens is 5. The number of imidazole rings is 1. The number of rotatable bonds is 2. The third-order valence-electron chi connectivity index (χ3n) is 3.88. The van der Waals surface area contributed by atoms with Crippen LogP contribution in [-0.4, -0.2) is 31.5 Å². The van der Waals surface area contributed by atoms with Crippen molar-refractivity contribution in [2.45, 2.75) is 19.9 Å². The van der Waals surface area contributed by atoms with Gasteiger partial charge in [-0.2, -0.15) is 4.98 Å². The quantitative estimate of drug-likeness (QED) is 0.786. The summed E-state index contributed by atoms with van der Waals surface area (Å²) in [6.07, 6.45) is 2.32. The van der Waals surface area contributed by atoms with Crippen LogP contribution in [0.15, 0.2) is 30.6 Å². The maximum Gasteiger partial charge on any atom is 0.229 e. The van der Waals surface area contributed by atoms with Crippen LogP contribution in [0.5, 0.6) is 0 Å². The number of aryl methyl sites for hydroxylation is 1. The van der Waals surface area contributed by atoms with Gasteiger partial charge < -0.3 is 9.88 Å². The minimum Gasteiger partial charge on any atom is -0.344 e. The molecule has 0 bridgehead atoms. The van der Waals surface area contributed by atoms with Gasteiger partial charge in [0.25, 0.3) is 0 Å². The average molecular weight is 310 g/mol. The Morgan fingerprint density at radius 1 is 1.22 bits per heavy atom. The molecule has 1 aliphatic rings. The lowest BCUT2D eigenvalue weighted by molar-refractivity contribution is 0.628. The zero-order valence-corrected chi connectivity index (χ0v) is 12.6. The predicted molar refractivity (Wildman–Crippen MR) is 83.3 cm³/mol. The normalized spacial score (nSPS) is 13.9. The van der Waals surface area contributed by atoms with Gasteiger partial charge in [-0.1, -0.05) is 12.1 Å². The van der Waals surface area contributed by atoms with Crippen molar-refractivity contribution in [3.05, 3.63) is 53.6 Å². The van der Waals surface area contributed by atoms with Gasteiger partial charge in [-0.3, -0.25) is 0 Å². The first-order valence-electron chi connectivity index (χ1n) is 7.43. The van der Waals surface area contributed by atoms with Crippen LogP contribution in [0.25, 0.3) is 11.4 Å². The first-order valence-corrected chi connectivity index (χ1v) is 7.43. The van der Waals surface area contributed by atoms with Gasteiger partial charge in [0.1, 0.15) is 18.0 Å². The molecule has 0 saturated heterocycles. The van der Waals surface area contributed by atoms with Gasteiger partial charge in [0.05, 0.1) is 17.9 Å². The maximum absolute atomic E-state index is 13.4. The third kappa shape index (κ3) is 2.65. The summed E-state index contributed by atoms with van der Waals surface area (Å²) in [6, 6.07) is 6.26. The number of benzene rings is 1. The molecule has 3 aromatic rings. The number of H-pyrrole nitrogens is 1. The van der Waals surface area contributed by atoms with Crippen LogP contribution < -0.4 is 4.90 Å². The fraction of sp³-hybridized carbons (Fsp3) is 0.250. The minimum atomic E-state index is -0.306. The molecule has 0 spiro atoms. The van der Waals surface area contributed by atoms with Gasteiger partial charge in [-0.15, -0.1) is 0 Å². The SMILES string of the molecule is Cc1nc2c([nH]1)CN(c1ncnc(-c3cccc(F)c3)n1)CC2. The molecule has 0 saturated carbocycles. The van der Waals surface area contributed by atoms with Gasteiger partial charge in [0.2, 0.25) is 5.95 Å². The fourth-order valence-corrected chi connectivity index (χ4v) is 2.81. The molecule has 1 N–H and O–H groups in total. The molecule has 0 amide bonds. The van der Waals surface area contributed by atoms with Crippen LogP contribution in [0, 0.1) is 12.7 Å². The number of aromatic amines is 1. The summed E-state index contributed by atoms with van der Waals surface area (Å²) in [6.45, 7) is 3.43. The summed E-state index contributed by atoms with van der Waals surface area (Å²) in [7, 11) is 0. The van der Waals surface area contributed by atoms with E-state index in [0.717, 1.165) is 30.2 Å². The summed E-state index contributed by atoms with van der Waals surface area (Å²) in [5, 5.41) is 0. The van der Waals surface area contributed by atoms with E-state index in [0.29, 0.717) is 23.9 Å². The average Bonchev–Trinajstić information content (AvgIpc) is 2.94. The van der Waals surface area contributed by atoms with Crippen LogP contribution in [-0.2, 0) is 13.0 Å². The standard InChI is InChI=1S/C16H15FN6/c1-10-20-13-5-6-23(8-14(13)21-10)16-19-9-18-15(22-16)11-3-2-4-12(17)7-11/h2-4,7,9H,5-6,8H2,1H3,(H,20,21). The zero-order valence-electron chi connectivity index (χ0n) is 12.6. The van der Waals surface area contributed by atoms with E-state index in [9.17, 15) is 4.39 Å². The first-order chi connectivity index (χ1) is 11.2. The number of nitrogens with one attached hydrogen (secondary N) is 1. The molecule has 7 heteroatoms. The summed E-state index contributed by atoms with van der Waals surface area (Å²) in [4.78, 5) is 22.7. The molecule has 3 heterocycles. The van der Waals surface area contributed by atoms with Crippen LogP contribution >= 0.6 is 0 Å². The van der Waals surface area contributed by atoms with Gasteiger partial charge in [0.15, 0.2) is 5.82 Å². The van der Waals surface area contributed by atoms with Crippen molar-refractivity contribution in [2.24, 2.45) is 0 Å². The molecular formula is C16H15FN6. The molecule has 0 aliphatic carbocycles. The van der Waals surface area contributed by atoms with Crippen LogP contribution in [0.1, 0.15) is 17.2 Å². The van der Waals surface area contributed by atoms with Crippen molar-refractivity contribution < 1.29 is 4.39 Å². The van der Waals surface area contributed by atoms with E-state index < -0.39 is 0 Å². The van der Waals surface area contributed by atoms with Crippen LogP contribution in [0.2, 0.25) is 0 Å². The van der Waals surface area contributed by atoms with Gasteiger partial charge >= 0.3 is 0 Å². The largest absolute Gasteiger partial charge is 0.344 e. The Labute approximate surface area is 132 Å². The second-order valence-corrected chi connectivity index (χ2v) is 5.54. The van der Waals surface area contributed by atoms with E-state index in [1.807, 2.05) is 6.92 Å². The lowest BCUT2D eigenvalue weighted by Gasteiger charge is -2.26. The monoisotopic (exact) mass is 310 g/mol. The number of hydrogen-bond donors (Lipinski definition) is 1. The van der Waals surface area contributed by atoms with E-state index in [1.165, 1.54) is 18.5 Å². The molecular weight excluding hydrogens is 295 g/mol. The molecule has 116 valence electrons. The molecule has 0 radical (unpaired) electrons. The van der Waals surface area contributed by atoms with Crippen molar-refractivity contribution in [3.63, 3.8) is 0 Å². The molecule has 6 nitrogen and oxygen atoms in total. The highest BCUT2D eigenvalue weighted by molar-refractivity contribution is 5.56. The van der Waals surface area contributed by atoms with Crippen molar-refractivity contribution >= 4 is 5.95 Å². The number of halogens is 1. The highest BCUT2D eigenvalue weighted by atomic mass is 19.1. The number of nitrogens with zero attached hydrogens (tertiary/aromatic N) is 5. The van der Waals surface area contributed by atoms with Crippen LogP contribution in [0.4, 0.5) is 10.3 Å². The van der Waals surface area contributed by atoms with Gasteiger partial charge in [-0.25, -0.2) is 19.3 Å². The molecule has 1 aromatic carbocycles. The van der Waals surface area contributed by atoms with E-state index >= 15 is 0 Å². The Hall–Kier alpha value is -2.83. The smallest absolute Gasteiger partial charge is 0.229 e. The van der Waals surface area contributed by atoms with E-state index in [1.54, 1.807) is 12.1 Å². The molecule has 0 fully saturated rings. The first kappa shape index (κ1) is 13.8. The molecule has 23 heavy (non-hydrogen) atoms. The molecule has 0 unspecified atom stereocenters. The highest BCUT2D eigenvalue weighted by Gasteiger charge is 2.21. The maximum atomic E-state index is 13.4. The molecule has 4 rings (SSSR count). The van der Waals surface area contributed by atoms with Crippen molar-refractivity contribution in [1.82, 2.24) is 24.9 Å². The molecule has 2 aromatic heterocycles. The summed E-state index contributed by atoms with van der Waals surface area (Å²) in [5.41, 5.74) is 2.85. The minimum absolute atomic E-state index is 0.306. The van der Waals surface area contributed by atoms with Crippen molar-refractivity contribution in [3.8, 4) is 11.4 Å². The number of anilines is 1. The van der Waals surface area contributed by atoms with Gasteiger partial charge in [0, 0.05) is 18.5 Å². The molecule has 0 atom stereocenters. The second-order valence-electron chi connectivity index (χ2n) is 5.54. The predicted octanol–water partition coefficient (Wildman–Crippen LogP) is 2.27. The summed E-state index contributed by atoms with van der Waals surface area (Å²) < 4.78 is 13.4. The molecule has 1 aliphatic heterocycles. The Balaban J connectivity index is 1.64. The van der Waals surface area contributed by atoms with E-state index in [2.05, 4.69) is 29.8 Å². The lowest BCUT2D eigenvalue weighted by atomic mass is 10.1. The topological polar surface area (TPSA) is 70.6 Å². The van der Waals surface area contributed by atoms with E-state index in [4.69, 9.17) is 0 Å². The Kier molecular flexibility index (Phi) is 3.25. The Morgan fingerprint density at radius 2 is 2.13 bits per heavy atom. The van der Waals surface area contributed by atoms with Crippen molar-refractivity contribution in [2.75, 3.05) is 11.4 Å². The summed E-state index contributed by atoms with van der Waals surface area (Å²) >= 11 is 0. The van der Waals surface area contributed by atoms with Gasteiger partial charge in [-0.05, 0) is 19.1 Å². The van der Waals surface area contributed by atoms with Crippen LogP contribution in [0.3, 0.4) is 0 Å². The van der Waals surface area contributed by atoms with Crippen molar-refractivity contribution in [1.29, 1.82) is 0 Å². The highest BCUT2D eigenvalue weighted by Crippen LogP contribution is 2.22. The Bertz CT molecular complexity index is 859. The fourth-order valence-electron chi connectivity index (χ4n) is 2.81. The third-order valence-corrected chi connectivity index (χ3v) is 3.88. The number of fused-ring (bicyclic) bond motifs is 1. The lowest BCUT2D eigenvalue weighted by Crippen LogP contribution is -2.32. The Morgan fingerprint density at radius 3 is 3.00 bits per heavy atom. The van der Waals surface area contributed by atoms with E-state index in [-0.39, 0.29) is 5.82 Å². The second kappa shape index (κ2) is 5.42. The number of hydrogen-bond acceptors (Lipinski definition) is 5. The zero-order chi connectivity index (χ0) is 15.8. The summed E-state index contributed by atoms with van der Waals surface area (Å²) in [5.74, 6) is 1.69.